The van der Waals surface area contributed by atoms with Crippen molar-refractivity contribution in [1.29, 1.82) is 0 Å². The summed E-state index contributed by atoms with van der Waals surface area (Å²) in [7, 11) is 0. The molecule has 2 aromatic rings. The zero-order valence-corrected chi connectivity index (χ0v) is 19.6. The van der Waals surface area contributed by atoms with Gasteiger partial charge in [-0.05, 0) is 30.7 Å². The van der Waals surface area contributed by atoms with Gasteiger partial charge in [-0.1, -0.05) is 33.6 Å². The number of carbonyl (C=O) groups is 3. The van der Waals surface area contributed by atoms with Crippen LogP contribution in [-0.2, 0) is 11.2 Å². The standard InChI is InChI=1S/C24H25F5N2O4/c1-5-6-7-11(23(34)35-21-18(28)16(26)15(25)17(27)19(21)29)31-22(33)20-10(2)14-12(30-20)8-24(3,4)9-13(14)32/h11,30H,5-9H2,1-4H3,(H,31,33). The number of amides is 1. The van der Waals surface area contributed by atoms with Crippen molar-refractivity contribution in [1.82, 2.24) is 10.3 Å². The van der Waals surface area contributed by atoms with Crippen molar-refractivity contribution in [2.45, 2.75) is 65.8 Å². The maximum atomic E-state index is 14.0. The van der Waals surface area contributed by atoms with E-state index in [1.165, 1.54) is 0 Å². The molecule has 1 amide bonds. The molecule has 35 heavy (non-hydrogen) atoms. The summed E-state index contributed by atoms with van der Waals surface area (Å²) < 4.78 is 72.7. The van der Waals surface area contributed by atoms with E-state index in [2.05, 4.69) is 15.0 Å². The predicted molar refractivity (Wildman–Crippen MR) is 115 cm³/mol. The van der Waals surface area contributed by atoms with Gasteiger partial charge in [-0.15, -0.1) is 0 Å². The van der Waals surface area contributed by atoms with E-state index in [0.717, 1.165) is 0 Å². The number of ketones is 1. The lowest BCUT2D eigenvalue weighted by Crippen LogP contribution is -2.43. The molecule has 1 aliphatic rings. The third kappa shape index (κ3) is 5.08. The molecule has 0 spiro atoms. The second kappa shape index (κ2) is 9.79. The van der Waals surface area contributed by atoms with Crippen LogP contribution in [-0.4, -0.2) is 28.7 Å². The monoisotopic (exact) mass is 500 g/mol. The van der Waals surface area contributed by atoms with Crippen LogP contribution in [0.2, 0.25) is 0 Å². The zero-order valence-electron chi connectivity index (χ0n) is 19.6. The summed E-state index contributed by atoms with van der Waals surface area (Å²) in [6.07, 6.45) is 1.74. The first kappa shape index (κ1) is 26.4. The fourth-order valence-electron chi connectivity index (χ4n) is 4.19. The summed E-state index contributed by atoms with van der Waals surface area (Å²) in [5.41, 5.74) is 1.11. The van der Waals surface area contributed by atoms with Crippen molar-refractivity contribution in [3.05, 3.63) is 51.6 Å². The Hall–Kier alpha value is -3.24. The fourth-order valence-corrected chi connectivity index (χ4v) is 4.19. The Morgan fingerprint density at radius 2 is 1.60 bits per heavy atom. The van der Waals surface area contributed by atoms with Crippen LogP contribution in [0, 0.1) is 41.4 Å². The molecule has 1 aromatic carbocycles. The van der Waals surface area contributed by atoms with Crippen molar-refractivity contribution in [3.63, 3.8) is 0 Å². The molecular formula is C24H25F5N2O4. The van der Waals surface area contributed by atoms with Gasteiger partial charge in [-0.3, -0.25) is 9.59 Å². The largest absolute Gasteiger partial charge is 0.418 e. The number of hydrogen-bond donors (Lipinski definition) is 2. The number of unbranched alkanes of at least 4 members (excludes halogenated alkanes) is 1. The van der Waals surface area contributed by atoms with Crippen LogP contribution in [0.5, 0.6) is 5.75 Å². The van der Waals surface area contributed by atoms with Gasteiger partial charge in [-0.25, -0.2) is 18.0 Å². The summed E-state index contributed by atoms with van der Waals surface area (Å²) in [5, 5.41) is 2.39. The van der Waals surface area contributed by atoms with Crippen molar-refractivity contribution in [2.75, 3.05) is 0 Å². The molecule has 11 heteroatoms. The van der Waals surface area contributed by atoms with E-state index in [1.54, 1.807) is 13.8 Å². The van der Waals surface area contributed by atoms with E-state index in [4.69, 9.17) is 0 Å². The molecule has 6 nitrogen and oxygen atoms in total. The number of benzene rings is 1. The summed E-state index contributed by atoms with van der Waals surface area (Å²) >= 11 is 0. The van der Waals surface area contributed by atoms with Gasteiger partial charge in [0.15, 0.2) is 5.78 Å². The Morgan fingerprint density at radius 1 is 1.03 bits per heavy atom. The highest BCUT2D eigenvalue weighted by molar-refractivity contribution is 6.05. The first-order chi connectivity index (χ1) is 16.3. The Labute approximate surface area is 198 Å². The molecule has 0 fully saturated rings. The summed E-state index contributed by atoms with van der Waals surface area (Å²) in [5.74, 6) is -15.6. The van der Waals surface area contributed by atoms with Gasteiger partial charge in [0, 0.05) is 17.7 Å². The number of esters is 1. The molecule has 0 saturated carbocycles. The van der Waals surface area contributed by atoms with Gasteiger partial charge in [0.2, 0.25) is 34.8 Å². The topological polar surface area (TPSA) is 88.3 Å². The molecule has 1 heterocycles. The minimum atomic E-state index is -2.39. The van der Waals surface area contributed by atoms with E-state index < -0.39 is 52.8 Å². The number of nitrogens with one attached hydrogen (secondary N) is 2. The van der Waals surface area contributed by atoms with E-state index in [0.29, 0.717) is 42.5 Å². The number of H-pyrrole nitrogens is 1. The quantitative estimate of drug-likeness (QED) is 0.183. The molecule has 1 atom stereocenters. The van der Waals surface area contributed by atoms with E-state index in [9.17, 15) is 36.3 Å². The molecule has 0 saturated heterocycles. The van der Waals surface area contributed by atoms with Crippen LogP contribution in [0.1, 0.15) is 78.6 Å². The van der Waals surface area contributed by atoms with Crippen LogP contribution in [0.3, 0.4) is 0 Å². The lowest BCUT2D eigenvalue weighted by Gasteiger charge is -2.28. The number of Topliss-reactive ketones (excluding diaryl/α,β-unsaturated/α-hetero) is 1. The van der Waals surface area contributed by atoms with Crippen LogP contribution in [0.25, 0.3) is 0 Å². The van der Waals surface area contributed by atoms with Crippen LogP contribution in [0.15, 0.2) is 0 Å². The first-order valence-corrected chi connectivity index (χ1v) is 11.1. The molecule has 0 bridgehead atoms. The van der Waals surface area contributed by atoms with Crippen molar-refractivity contribution in [2.24, 2.45) is 5.41 Å². The molecule has 0 radical (unpaired) electrons. The lowest BCUT2D eigenvalue weighted by atomic mass is 9.75. The minimum Gasteiger partial charge on any atom is -0.418 e. The number of aromatic amines is 1. The summed E-state index contributed by atoms with van der Waals surface area (Å²) in [6.45, 7) is 7.19. The molecular weight excluding hydrogens is 475 g/mol. The normalized spacial score (nSPS) is 15.5. The number of rotatable bonds is 7. The number of aromatic nitrogens is 1. The number of ether oxygens (including phenoxy) is 1. The second-order valence-electron chi connectivity index (χ2n) is 9.41. The highest BCUT2D eigenvalue weighted by Gasteiger charge is 2.36. The molecule has 1 aromatic heterocycles. The second-order valence-corrected chi connectivity index (χ2v) is 9.41. The third-order valence-corrected chi connectivity index (χ3v) is 5.94. The van der Waals surface area contributed by atoms with E-state index in [1.807, 2.05) is 13.8 Å². The number of carbonyl (C=O) groups excluding carboxylic acids is 3. The predicted octanol–water partition coefficient (Wildman–Crippen LogP) is 5.07. The number of fused-ring (bicyclic) bond motifs is 1. The smallest absolute Gasteiger partial charge is 0.334 e. The average Bonchev–Trinajstić information content (AvgIpc) is 3.11. The molecule has 0 aliphatic heterocycles. The molecule has 2 N–H and O–H groups in total. The van der Waals surface area contributed by atoms with Crippen LogP contribution in [0.4, 0.5) is 22.0 Å². The van der Waals surface area contributed by atoms with Gasteiger partial charge in [-0.2, -0.15) is 8.78 Å². The maximum absolute atomic E-state index is 14.0. The number of halogens is 5. The highest BCUT2D eigenvalue weighted by Crippen LogP contribution is 2.36. The minimum absolute atomic E-state index is 0.0259. The van der Waals surface area contributed by atoms with Crippen molar-refractivity contribution >= 4 is 17.7 Å². The molecule has 1 unspecified atom stereocenters. The lowest BCUT2D eigenvalue weighted by molar-refractivity contribution is -0.137. The molecule has 1 aliphatic carbocycles. The highest BCUT2D eigenvalue weighted by atomic mass is 19.2. The van der Waals surface area contributed by atoms with Gasteiger partial charge in [0.25, 0.3) is 5.91 Å². The number of hydrogen-bond acceptors (Lipinski definition) is 4. The van der Waals surface area contributed by atoms with E-state index >= 15 is 0 Å². The third-order valence-electron chi connectivity index (χ3n) is 5.94. The summed E-state index contributed by atoms with van der Waals surface area (Å²) in [6, 6.07) is -1.45. The molecule has 3 rings (SSSR count). The average molecular weight is 500 g/mol. The van der Waals surface area contributed by atoms with Gasteiger partial charge < -0.3 is 15.0 Å². The van der Waals surface area contributed by atoms with Crippen LogP contribution >= 0.6 is 0 Å². The van der Waals surface area contributed by atoms with Crippen molar-refractivity contribution < 1.29 is 41.1 Å². The van der Waals surface area contributed by atoms with Gasteiger partial charge >= 0.3 is 5.97 Å². The van der Waals surface area contributed by atoms with Gasteiger partial charge in [0.1, 0.15) is 11.7 Å². The van der Waals surface area contributed by atoms with E-state index in [-0.39, 0.29) is 23.3 Å². The zero-order chi connectivity index (χ0) is 26.2. The molecule has 190 valence electrons. The SMILES string of the molecule is CCCCC(NC(=O)c1[nH]c2c(c1C)C(=O)CC(C)(C)C2)C(=O)Oc1c(F)c(F)c(F)c(F)c1F. The van der Waals surface area contributed by atoms with Gasteiger partial charge in [0.05, 0.1) is 0 Å². The Bertz CT molecular complexity index is 1180. The Balaban J connectivity index is 1.88. The van der Waals surface area contributed by atoms with Crippen LogP contribution < -0.4 is 10.1 Å². The maximum Gasteiger partial charge on any atom is 0.334 e. The Kier molecular flexibility index (Phi) is 7.37. The Morgan fingerprint density at radius 3 is 2.17 bits per heavy atom. The fraction of sp³-hybridized carbons (Fsp3) is 0.458. The van der Waals surface area contributed by atoms with Crippen molar-refractivity contribution in [3.8, 4) is 5.75 Å². The first-order valence-electron chi connectivity index (χ1n) is 11.1. The summed E-state index contributed by atoms with van der Waals surface area (Å²) in [4.78, 5) is 41.2.